The normalized spacial score (nSPS) is 20.5. The number of carbonyl (C=O) groups is 1. The van der Waals surface area contributed by atoms with Crippen LogP contribution in [0.15, 0.2) is 30.3 Å². The quantitative estimate of drug-likeness (QED) is 0.787. The second kappa shape index (κ2) is 8.34. The van der Waals surface area contributed by atoms with Crippen molar-refractivity contribution in [1.82, 2.24) is 13.9 Å². The van der Waals surface area contributed by atoms with E-state index < -0.39 is 16.3 Å². The summed E-state index contributed by atoms with van der Waals surface area (Å²) in [5, 5.41) is 0. The van der Waals surface area contributed by atoms with Gasteiger partial charge in [-0.3, -0.25) is 0 Å². The van der Waals surface area contributed by atoms with Gasteiger partial charge in [-0.05, 0) is 25.5 Å². The second-order valence-electron chi connectivity index (χ2n) is 6.75. The van der Waals surface area contributed by atoms with Crippen molar-refractivity contribution in [1.29, 1.82) is 0 Å². The largest absolute Gasteiger partial charge is 0.444 e. The molecule has 1 amide bonds. The Morgan fingerprint density at radius 3 is 2.46 bits per heavy atom. The summed E-state index contributed by atoms with van der Waals surface area (Å²) in [6, 6.07) is 9.07. The molecule has 2 fully saturated rings. The molecule has 1 aromatic carbocycles. The molecule has 0 bridgehead atoms. The minimum atomic E-state index is -3.89. The van der Waals surface area contributed by atoms with E-state index in [-0.39, 0.29) is 31.9 Å². The predicted octanol–water partition coefficient (Wildman–Crippen LogP) is 0.953. The Kier molecular flexibility index (Phi) is 6.13. The maximum atomic E-state index is 12.2. The molecule has 2 heterocycles. The van der Waals surface area contributed by atoms with Gasteiger partial charge >= 0.3 is 16.3 Å². The predicted molar refractivity (Wildman–Crippen MR) is 95.6 cm³/mol. The van der Waals surface area contributed by atoms with Crippen molar-refractivity contribution in [3.63, 3.8) is 0 Å². The smallest absolute Gasteiger partial charge is 0.422 e. The van der Waals surface area contributed by atoms with Crippen LogP contribution in [0, 0.1) is 0 Å². The van der Waals surface area contributed by atoms with Crippen molar-refractivity contribution in [2.24, 2.45) is 0 Å². The number of nitrogens with zero attached hydrogens (tertiary/aromatic N) is 2. The highest BCUT2D eigenvalue weighted by molar-refractivity contribution is 7.87. The molecule has 2 aliphatic heterocycles. The zero-order valence-corrected chi connectivity index (χ0v) is 15.7. The third-order valence-electron chi connectivity index (χ3n) is 4.63. The van der Waals surface area contributed by atoms with Crippen molar-refractivity contribution in [3.05, 3.63) is 35.9 Å². The number of carbonyl (C=O) groups excluding carboxylic acids is 1. The molecule has 144 valence electrons. The Labute approximate surface area is 154 Å². The summed E-state index contributed by atoms with van der Waals surface area (Å²) in [5.41, 5.74) is 0.788. The topological polar surface area (TPSA) is 88.2 Å². The number of amides is 1. The lowest BCUT2D eigenvalue weighted by atomic mass is 10.1. The number of benzene rings is 1. The van der Waals surface area contributed by atoms with Crippen molar-refractivity contribution in [2.45, 2.75) is 31.7 Å². The fourth-order valence-electron chi connectivity index (χ4n) is 3.00. The van der Waals surface area contributed by atoms with Crippen molar-refractivity contribution in [3.8, 4) is 0 Å². The molecule has 0 aliphatic carbocycles. The first-order chi connectivity index (χ1) is 12.4. The van der Waals surface area contributed by atoms with Gasteiger partial charge in [0.05, 0.1) is 12.2 Å². The number of nitrogens with one attached hydrogen (secondary N) is 1. The molecular weight excluding hydrogens is 358 g/mol. The number of likely N-dealkylation sites (tertiary alicyclic amines) is 1. The summed E-state index contributed by atoms with van der Waals surface area (Å²) in [4.78, 5) is 14.0. The summed E-state index contributed by atoms with van der Waals surface area (Å²) in [6.07, 6.45) is 1.02. The molecule has 26 heavy (non-hydrogen) atoms. The fraction of sp³-hybridized carbons (Fsp3) is 0.588. The van der Waals surface area contributed by atoms with Gasteiger partial charge in [0.1, 0.15) is 6.61 Å². The summed E-state index contributed by atoms with van der Waals surface area (Å²) < 4.78 is 38.3. The Morgan fingerprint density at radius 1 is 1.15 bits per heavy atom. The van der Waals surface area contributed by atoms with Gasteiger partial charge in [-0.2, -0.15) is 12.7 Å². The number of ether oxygens (including phenoxy) is 2. The van der Waals surface area contributed by atoms with E-state index in [1.165, 1.54) is 4.31 Å². The molecule has 8 nitrogen and oxygen atoms in total. The summed E-state index contributed by atoms with van der Waals surface area (Å²) in [5.74, 6) is 0. The highest BCUT2D eigenvalue weighted by atomic mass is 32.2. The lowest BCUT2D eigenvalue weighted by molar-refractivity contribution is -0.0838. The second-order valence-corrected chi connectivity index (χ2v) is 8.42. The van der Waals surface area contributed by atoms with Crippen molar-refractivity contribution in [2.75, 3.05) is 33.2 Å². The Balaban J connectivity index is 1.38. The number of hydrogen-bond donors (Lipinski definition) is 1. The first kappa shape index (κ1) is 19.1. The molecule has 1 aromatic rings. The lowest BCUT2D eigenvalue weighted by Crippen LogP contribution is -2.59. The van der Waals surface area contributed by atoms with E-state index in [0.717, 1.165) is 31.5 Å². The molecule has 0 spiro atoms. The van der Waals surface area contributed by atoms with Gasteiger partial charge in [-0.15, -0.1) is 0 Å². The molecule has 0 unspecified atom stereocenters. The molecule has 0 atom stereocenters. The zero-order valence-electron chi connectivity index (χ0n) is 14.8. The SMILES string of the molecule is CN1CCC(OC2CN(S(=O)(=O)NC(=O)OCc3ccccc3)C2)CC1. The standard InChI is InChI=1S/C17H25N3O5S/c1-19-9-7-15(8-10-19)25-16-11-20(12-16)26(22,23)18-17(21)24-13-14-5-3-2-4-6-14/h2-6,15-16H,7-13H2,1H3,(H,18,21). The van der Waals surface area contributed by atoms with Gasteiger partial charge in [-0.25, -0.2) is 9.52 Å². The highest BCUT2D eigenvalue weighted by Crippen LogP contribution is 2.21. The molecule has 2 aliphatic rings. The van der Waals surface area contributed by atoms with Crippen LogP contribution >= 0.6 is 0 Å². The van der Waals surface area contributed by atoms with Crippen LogP contribution in [0.1, 0.15) is 18.4 Å². The average Bonchev–Trinajstić information content (AvgIpc) is 2.58. The van der Waals surface area contributed by atoms with E-state index >= 15 is 0 Å². The Hall–Kier alpha value is -1.68. The van der Waals surface area contributed by atoms with Crippen LogP contribution in [0.3, 0.4) is 0 Å². The van der Waals surface area contributed by atoms with E-state index in [1.807, 2.05) is 22.9 Å². The van der Waals surface area contributed by atoms with Crippen LogP contribution < -0.4 is 4.72 Å². The molecular formula is C17H25N3O5S. The maximum absolute atomic E-state index is 12.2. The van der Waals surface area contributed by atoms with Crippen molar-refractivity contribution < 1.29 is 22.7 Å². The molecule has 9 heteroatoms. The van der Waals surface area contributed by atoms with Crippen LogP contribution in [0.4, 0.5) is 4.79 Å². The zero-order chi connectivity index (χ0) is 18.6. The van der Waals surface area contributed by atoms with Gasteiger partial charge in [0, 0.05) is 26.2 Å². The first-order valence-electron chi connectivity index (χ1n) is 8.75. The number of rotatable bonds is 6. The highest BCUT2D eigenvalue weighted by Gasteiger charge is 2.39. The van der Waals surface area contributed by atoms with E-state index in [9.17, 15) is 13.2 Å². The van der Waals surface area contributed by atoms with Crippen molar-refractivity contribution >= 4 is 16.3 Å². The van der Waals surface area contributed by atoms with Gasteiger partial charge in [0.2, 0.25) is 0 Å². The van der Waals surface area contributed by atoms with E-state index in [1.54, 1.807) is 12.1 Å². The number of piperidine rings is 1. The van der Waals surface area contributed by atoms with Gasteiger partial charge in [-0.1, -0.05) is 30.3 Å². The third-order valence-corrected chi connectivity index (χ3v) is 6.03. The van der Waals surface area contributed by atoms with Crippen LogP contribution in [0.25, 0.3) is 0 Å². The molecule has 0 aromatic heterocycles. The summed E-state index contributed by atoms with van der Waals surface area (Å²) >= 11 is 0. The van der Waals surface area contributed by atoms with E-state index in [0.29, 0.717) is 0 Å². The van der Waals surface area contributed by atoms with Gasteiger partial charge < -0.3 is 14.4 Å². The maximum Gasteiger partial charge on any atom is 0.422 e. The van der Waals surface area contributed by atoms with Crippen LogP contribution in [-0.2, 0) is 26.3 Å². The minimum Gasteiger partial charge on any atom is -0.444 e. The fourth-order valence-corrected chi connectivity index (χ4v) is 4.12. The first-order valence-corrected chi connectivity index (χ1v) is 10.2. The lowest BCUT2D eigenvalue weighted by Gasteiger charge is -2.40. The monoisotopic (exact) mass is 383 g/mol. The molecule has 0 radical (unpaired) electrons. The van der Waals surface area contributed by atoms with Gasteiger partial charge in [0.25, 0.3) is 0 Å². The van der Waals surface area contributed by atoms with Crippen LogP contribution in [-0.4, -0.2) is 69.2 Å². The molecule has 0 saturated carbocycles. The third kappa shape index (κ3) is 5.16. The molecule has 2 saturated heterocycles. The van der Waals surface area contributed by atoms with Gasteiger partial charge in [0.15, 0.2) is 0 Å². The van der Waals surface area contributed by atoms with Crippen LogP contribution in [0.5, 0.6) is 0 Å². The van der Waals surface area contributed by atoms with E-state index in [4.69, 9.17) is 9.47 Å². The Bertz CT molecular complexity index is 698. The minimum absolute atomic E-state index is 0.0179. The van der Waals surface area contributed by atoms with E-state index in [2.05, 4.69) is 11.9 Å². The molecule has 3 rings (SSSR count). The average molecular weight is 383 g/mol. The summed E-state index contributed by atoms with van der Waals surface area (Å²) in [6.45, 7) is 2.52. The summed E-state index contributed by atoms with van der Waals surface area (Å²) in [7, 11) is -1.81. The molecule has 1 N–H and O–H groups in total. The van der Waals surface area contributed by atoms with Crippen LogP contribution in [0.2, 0.25) is 0 Å². The number of hydrogen-bond acceptors (Lipinski definition) is 6. The Morgan fingerprint density at radius 2 is 1.81 bits per heavy atom.